The number of rotatable bonds is 42. The Labute approximate surface area is 635 Å². The van der Waals surface area contributed by atoms with E-state index in [1.165, 1.54) is 180 Å². The lowest BCUT2D eigenvalue weighted by Crippen LogP contribution is -2.16. The molecule has 6 heterocycles. The van der Waals surface area contributed by atoms with Crippen LogP contribution in [0.25, 0.3) is 22.1 Å². The van der Waals surface area contributed by atoms with Gasteiger partial charge in [0.2, 0.25) is 0 Å². The van der Waals surface area contributed by atoms with Crippen molar-refractivity contribution in [2.45, 2.75) is 308 Å². The van der Waals surface area contributed by atoms with Gasteiger partial charge in [-0.1, -0.05) is 283 Å². The molecule has 0 saturated heterocycles. The summed E-state index contributed by atoms with van der Waals surface area (Å²) >= 11 is 0. The van der Waals surface area contributed by atoms with Gasteiger partial charge in [0.25, 0.3) is 23.5 Å². The van der Waals surface area contributed by atoms with Crippen LogP contribution in [0.5, 0.6) is 69.5 Å². The van der Waals surface area contributed by atoms with Crippen LogP contribution in [0, 0.1) is 0 Å². The average molecular weight is 1480 g/mol. The zero-order valence-electron chi connectivity index (χ0n) is 64.6. The van der Waals surface area contributed by atoms with E-state index in [-0.39, 0.29) is 47.2 Å². The normalized spacial score (nSPS) is 17.8. The zero-order valence-corrected chi connectivity index (χ0v) is 66.4. The summed E-state index contributed by atoms with van der Waals surface area (Å²) in [5.41, 5.74) is 11.1. The van der Waals surface area contributed by atoms with Crippen molar-refractivity contribution in [3.05, 3.63) is 142 Å². The Balaban J connectivity index is 1.07. The molecule has 0 saturated carbocycles. The van der Waals surface area contributed by atoms with E-state index >= 15 is 0 Å². The highest BCUT2D eigenvalue weighted by atomic mass is 31.2. The molecule has 0 N–H and O–H groups in total. The van der Waals surface area contributed by atoms with Crippen molar-refractivity contribution in [1.29, 1.82) is 0 Å². The molecule has 0 fully saturated rings. The molecule has 6 aromatic carbocycles. The summed E-state index contributed by atoms with van der Waals surface area (Å²) in [6.07, 6.45) is 46.7. The molecule has 568 valence electrons. The first-order valence-electron chi connectivity index (χ1n) is 41.7. The molecule has 8 bridgehead atoms. The van der Waals surface area contributed by atoms with Gasteiger partial charge in [-0.2, -0.15) is 0 Å². The van der Waals surface area contributed by atoms with Crippen LogP contribution in [-0.4, -0.2) is 34.2 Å². The van der Waals surface area contributed by atoms with Gasteiger partial charge in [-0.3, -0.25) is 9.05 Å². The molecule has 4 aliphatic heterocycles. The third-order valence-corrected chi connectivity index (χ3v) is 24.8. The molecule has 1 aliphatic carbocycles. The average Bonchev–Trinajstić information content (AvgIpc) is 1.48. The van der Waals surface area contributed by atoms with E-state index in [0.29, 0.717) is 68.1 Å². The Morgan fingerprint density at radius 3 is 0.642 bits per heavy atom. The third-order valence-electron chi connectivity index (χ3n) is 22.8. The van der Waals surface area contributed by atoms with Crippen LogP contribution in [-0.2, 0) is 9.05 Å². The number of aromatic nitrogens is 4. The molecule has 16 heteroatoms. The molecule has 0 spiro atoms. The molecule has 0 radical (unpaired) electrons. The van der Waals surface area contributed by atoms with Gasteiger partial charge in [0, 0.05) is 107 Å². The molecule has 13 rings (SSSR count). The summed E-state index contributed by atoms with van der Waals surface area (Å²) in [5, 5.41) is 0. The Morgan fingerprint density at radius 2 is 0.443 bits per heavy atom. The maximum absolute atomic E-state index is 7.46. The fourth-order valence-corrected chi connectivity index (χ4v) is 18.6. The molecule has 0 unspecified atom stereocenters. The Kier molecular flexibility index (Phi) is 28.8. The van der Waals surface area contributed by atoms with Crippen molar-refractivity contribution in [3.63, 3.8) is 0 Å². The van der Waals surface area contributed by atoms with Crippen LogP contribution in [0.3, 0.4) is 0 Å². The second-order valence-corrected chi connectivity index (χ2v) is 33.0. The Hall–Kier alpha value is -6.82. The largest absolute Gasteiger partial charge is 0.462 e. The second kappa shape index (κ2) is 39.5. The summed E-state index contributed by atoms with van der Waals surface area (Å²) in [6.45, 7) is 9.19. The van der Waals surface area contributed by atoms with Crippen molar-refractivity contribution in [2.75, 3.05) is 14.2 Å². The van der Waals surface area contributed by atoms with Crippen LogP contribution < -0.4 is 37.0 Å². The number of unbranched alkanes of at least 4 members (excludes halogenated alkanes) is 32. The minimum atomic E-state index is -2.07. The molecule has 0 amide bonds. The van der Waals surface area contributed by atoms with E-state index < -0.39 is 17.2 Å². The van der Waals surface area contributed by atoms with Gasteiger partial charge in [0.15, 0.2) is 0 Å². The number of nitrogens with zero attached hydrogens (tertiary/aromatic N) is 4. The predicted octanol–water partition coefficient (Wildman–Crippen LogP) is 29.2. The highest BCUT2D eigenvalue weighted by Crippen LogP contribution is 2.61. The van der Waals surface area contributed by atoms with Gasteiger partial charge in [0.1, 0.15) is 46.0 Å². The van der Waals surface area contributed by atoms with Crippen molar-refractivity contribution >= 4 is 39.3 Å². The van der Waals surface area contributed by atoms with E-state index in [1.54, 1.807) is 14.2 Å². The molecule has 0 atom stereocenters. The minimum absolute atomic E-state index is 0.218. The monoisotopic (exact) mass is 1480 g/mol. The maximum Gasteiger partial charge on any atom is 0.462 e. The molecule has 2 aromatic heterocycles. The summed E-state index contributed by atoms with van der Waals surface area (Å²) in [4.78, 5) is 21.1. The summed E-state index contributed by atoms with van der Waals surface area (Å²) in [7, 11) is -0.797. The van der Waals surface area contributed by atoms with E-state index in [9.17, 15) is 0 Å². The Bertz CT molecular complexity index is 3680. The van der Waals surface area contributed by atoms with Crippen molar-refractivity contribution in [2.24, 2.45) is 0 Å². The topological polar surface area (TPSA) is 144 Å². The van der Waals surface area contributed by atoms with Crippen molar-refractivity contribution in [3.8, 4) is 69.5 Å². The summed E-state index contributed by atoms with van der Waals surface area (Å²) < 4.78 is 71.8. The zero-order chi connectivity index (χ0) is 72.8. The van der Waals surface area contributed by atoms with Gasteiger partial charge >= 0.3 is 17.2 Å². The van der Waals surface area contributed by atoms with Gasteiger partial charge in [0.05, 0.1) is 22.1 Å². The molecule has 14 nitrogen and oxygen atoms in total. The minimum Gasteiger partial charge on any atom is -0.434 e. The van der Waals surface area contributed by atoms with Gasteiger partial charge < -0.3 is 37.0 Å². The number of para-hydroxylation sites is 4. The molecule has 5 aliphatic rings. The highest BCUT2D eigenvalue weighted by molar-refractivity contribution is 7.42. The van der Waals surface area contributed by atoms with Crippen LogP contribution >= 0.6 is 17.2 Å². The maximum atomic E-state index is 7.46. The first-order valence-corrected chi connectivity index (χ1v) is 43.9. The molecule has 8 aromatic rings. The number of fused-ring (bicyclic) bond motifs is 4. The van der Waals surface area contributed by atoms with Crippen LogP contribution in [0.1, 0.15) is 353 Å². The van der Waals surface area contributed by atoms with E-state index in [1.807, 2.05) is 48.5 Å². The fourth-order valence-electron chi connectivity index (χ4n) is 16.9. The van der Waals surface area contributed by atoms with Crippen LogP contribution in [0.4, 0.5) is 0 Å². The van der Waals surface area contributed by atoms with Crippen LogP contribution in [0.2, 0.25) is 0 Å². The lowest BCUT2D eigenvalue weighted by atomic mass is 9.76. The Morgan fingerprint density at radius 1 is 0.255 bits per heavy atom. The fraction of sp³-hybridized carbons (Fsp3) is 0.556. The molecular formula is C90H118N4O10P2. The SMILES string of the molecule is CCCCCCCCCCCC1c2cc3c4cc2Oc2nc5ccccc5nc2Oc2cc5c(cc21)C(CCCCCCCCCCC)c1cc2c(cc1OP(OC)O5)Oc1nc5ccccc5nc1Oc1cc(c(cc1C2CCCCCCCCCCC)C3CCCCCCCCCCC)OP(OC)O4. The van der Waals surface area contributed by atoms with Gasteiger partial charge in [-0.25, -0.2) is 19.9 Å². The first-order chi connectivity index (χ1) is 52.3. The highest BCUT2D eigenvalue weighted by Gasteiger charge is 2.41. The molecule has 106 heavy (non-hydrogen) atoms. The predicted molar refractivity (Wildman–Crippen MR) is 430 cm³/mol. The number of hydrogen-bond donors (Lipinski definition) is 0. The lowest BCUT2D eigenvalue weighted by Gasteiger charge is -2.34. The van der Waals surface area contributed by atoms with Crippen molar-refractivity contribution < 1.29 is 46.1 Å². The lowest BCUT2D eigenvalue weighted by molar-refractivity contribution is 0.313. The first kappa shape index (κ1) is 77.3. The number of ether oxygens (including phenoxy) is 4. The molecular weight excluding hydrogens is 1360 g/mol. The number of benzene rings is 6. The van der Waals surface area contributed by atoms with Crippen molar-refractivity contribution in [1.82, 2.24) is 19.9 Å². The quantitative estimate of drug-likeness (QED) is 0.0264. The smallest absolute Gasteiger partial charge is 0.434 e. The van der Waals surface area contributed by atoms with E-state index in [0.717, 1.165) is 122 Å². The summed E-state index contributed by atoms with van der Waals surface area (Å²) in [5.74, 6) is 5.17. The summed E-state index contributed by atoms with van der Waals surface area (Å²) in [6, 6.07) is 34.1. The second-order valence-electron chi connectivity index (χ2n) is 30.6. The van der Waals surface area contributed by atoms with E-state index in [2.05, 4.69) is 76.2 Å². The van der Waals surface area contributed by atoms with Gasteiger partial charge in [-0.05, 0) is 74.2 Å². The van der Waals surface area contributed by atoms with Crippen LogP contribution in [0.15, 0.2) is 97.1 Å². The standard InChI is InChI=1S/C90H118N4O10P2/c1-7-11-15-19-23-27-31-35-39-47-63-67-55-71-65(49-41-37-33-29-25-21-17-13-9-3)73-57-69-64(48-40-36-32-28-24-20-16-12-8-2)70-58-74-66(50-42-38-34-30-26-22-18-14-10-4)72-56-68(63)80-60-84(72)102-106(96-6)104-86(74)62-82(70)100-90-89(93-77-53-45-46-54-78(77)94-90)99-81(69)61-85(73)103-105(95-5)101-83(71)59-79(67)97-87-88(98-80)92-76-52-44-43-51-75(76)91-87/h43-46,51-66H,7-42,47-50H2,1-6H3. The third kappa shape index (κ3) is 19.4. The van der Waals surface area contributed by atoms with E-state index in [4.69, 9.17) is 66.0 Å². The van der Waals surface area contributed by atoms with Gasteiger partial charge in [-0.15, -0.1) is 0 Å². The number of hydrogen-bond acceptors (Lipinski definition) is 14.